The molecule has 0 spiro atoms. The molecule has 8 heteroatoms. The van der Waals surface area contributed by atoms with Gasteiger partial charge in [0.1, 0.15) is 16.6 Å². The topological polar surface area (TPSA) is 73.1 Å². The van der Waals surface area contributed by atoms with E-state index >= 15 is 0 Å². The second-order valence-corrected chi connectivity index (χ2v) is 4.43. The molecule has 0 fully saturated rings. The zero-order valence-electron chi connectivity index (χ0n) is 8.82. The van der Waals surface area contributed by atoms with Crippen LogP contribution in [0.15, 0.2) is 28.9 Å². The molecule has 0 radical (unpaired) electrons. The van der Waals surface area contributed by atoms with Crippen molar-refractivity contribution in [2.75, 3.05) is 5.43 Å². The second-order valence-electron chi connectivity index (χ2n) is 3.17. The fourth-order valence-electron chi connectivity index (χ4n) is 1.15. The summed E-state index contributed by atoms with van der Waals surface area (Å²) in [6.45, 7) is 0. The number of hydrogen-bond acceptors (Lipinski definition) is 5. The Balaban J connectivity index is 2.33. The molecule has 0 saturated carbocycles. The number of nitrogens with zero attached hydrogens (tertiary/aromatic N) is 2. The van der Waals surface area contributed by atoms with Crippen LogP contribution in [-0.4, -0.2) is 9.97 Å². The van der Waals surface area contributed by atoms with Crippen LogP contribution in [0.4, 0.5) is 10.3 Å². The van der Waals surface area contributed by atoms with Crippen molar-refractivity contribution in [3.05, 3.63) is 39.7 Å². The molecule has 18 heavy (non-hydrogen) atoms. The Hall–Kier alpha value is -1.44. The van der Waals surface area contributed by atoms with Crippen molar-refractivity contribution in [2.45, 2.75) is 0 Å². The van der Waals surface area contributed by atoms with Crippen molar-refractivity contribution in [2.24, 2.45) is 5.84 Å². The third-order valence-corrected chi connectivity index (χ3v) is 2.82. The highest BCUT2D eigenvalue weighted by Crippen LogP contribution is 2.32. The monoisotopic (exact) mass is 332 g/mol. The van der Waals surface area contributed by atoms with E-state index in [1.54, 1.807) is 0 Å². The first-order valence-electron chi connectivity index (χ1n) is 4.72. The standard InChI is InChI=1S/C10H7BrClFN4O/c11-6-3-5(13)1-2-8(6)18-9-7(12)4-15-10(16-9)17-14/h1-4H,14H2,(H,15,16,17). The number of hydrazine groups is 1. The van der Waals surface area contributed by atoms with Gasteiger partial charge in [-0.15, -0.1) is 0 Å². The highest BCUT2D eigenvalue weighted by atomic mass is 79.9. The van der Waals surface area contributed by atoms with Crippen LogP contribution in [0, 0.1) is 5.82 Å². The number of nitrogen functional groups attached to an aromatic ring is 1. The lowest BCUT2D eigenvalue weighted by atomic mass is 10.3. The number of anilines is 1. The molecule has 0 aliphatic rings. The summed E-state index contributed by atoms with van der Waals surface area (Å²) >= 11 is 9.05. The van der Waals surface area contributed by atoms with Crippen molar-refractivity contribution in [1.29, 1.82) is 0 Å². The Kier molecular flexibility index (Phi) is 3.95. The molecular formula is C10H7BrClFN4O. The van der Waals surface area contributed by atoms with Crippen LogP contribution < -0.4 is 16.0 Å². The van der Waals surface area contributed by atoms with Crippen LogP contribution in [0.1, 0.15) is 0 Å². The highest BCUT2D eigenvalue weighted by molar-refractivity contribution is 9.10. The van der Waals surface area contributed by atoms with E-state index in [9.17, 15) is 4.39 Å². The molecule has 0 amide bonds. The first-order chi connectivity index (χ1) is 8.60. The van der Waals surface area contributed by atoms with E-state index in [1.165, 1.54) is 24.4 Å². The van der Waals surface area contributed by atoms with Crippen molar-refractivity contribution in [3.8, 4) is 11.6 Å². The Morgan fingerprint density at radius 1 is 1.44 bits per heavy atom. The predicted molar refractivity (Wildman–Crippen MR) is 69.0 cm³/mol. The molecule has 0 saturated heterocycles. The lowest BCUT2D eigenvalue weighted by Gasteiger charge is -2.09. The summed E-state index contributed by atoms with van der Waals surface area (Å²) < 4.78 is 18.8. The van der Waals surface area contributed by atoms with E-state index in [0.717, 1.165) is 0 Å². The third kappa shape index (κ3) is 2.87. The van der Waals surface area contributed by atoms with E-state index in [-0.39, 0.29) is 22.7 Å². The quantitative estimate of drug-likeness (QED) is 0.667. The summed E-state index contributed by atoms with van der Waals surface area (Å²) in [5.74, 6) is 5.45. The van der Waals surface area contributed by atoms with Gasteiger partial charge in [-0.3, -0.25) is 5.43 Å². The van der Waals surface area contributed by atoms with Crippen molar-refractivity contribution < 1.29 is 9.13 Å². The Bertz CT molecular complexity index is 584. The average molecular weight is 334 g/mol. The van der Waals surface area contributed by atoms with Gasteiger partial charge >= 0.3 is 0 Å². The maximum Gasteiger partial charge on any atom is 0.243 e. The third-order valence-electron chi connectivity index (χ3n) is 1.94. The summed E-state index contributed by atoms with van der Waals surface area (Å²) in [5.41, 5.74) is 2.27. The molecule has 0 unspecified atom stereocenters. The largest absolute Gasteiger partial charge is 0.436 e. The fraction of sp³-hybridized carbons (Fsp3) is 0. The first kappa shape index (κ1) is 13.0. The predicted octanol–water partition coefficient (Wildman–Crippen LogP) is 3.11. The number of hydrogen-bond donors (Lipinski definition) is 2. The molecular weight excluding hydrogens is 326 g/mol. The van der Waals surface area contributed by atoms with Crippen LogP contribution in [0.25, 0.3) is 0 Å². The molecule has 5 nitrogen and oxygen atoms in total. The van der Waals surface area contributed by atoms with E-state index in [0.29, 0.717) is 10.2 Å². The first-order valence-corrected chi connectivity index (χ1v) is 5.89. The van der Waals surface area contributed by atoms with E-state index in [4.69, 9.17) is 22.2 Å². The van der Waals surface area contributed by atoms with Crippen molar-refractivity contribution in [1.82, 2.24) is 9.97 Å². The lowest BCUT2D eigenvalue weighted by molar-refractivity contribution is 0.458. The maximum absolute atomic E-state index is 12.9. The summed E-state index contributed by atoms with van der Waals surface area (Å²) in [7, 11) is 0. The van der Waals surface area contributed by atoms with Crippen molar-refractivity contribution in [3.63, 3.8) is 0 Å². The minimum atomic E-state index is -0.382. The van der Waals surface area contributed by atoms with Gasteiger partial charge in [-0.05, 0) is 34.1 Å². The van der Waals surface area contributed by atoms with Gasteiger partial charge in [0.15, 0.2) is 0 Å². The van der Waals surface area contributed by atoms with Crippen LogP contribution >= 0.6 is 27.5 Å². The van der Waals surface area contributed by atoms with E-state index in [2.05, 4.69) is 31.3 Å². The number of ether oxygens (including phenoxy) is 1. The summed E-state index contributed by atoms with van der Waals surface area (Å²) in [6, 6.07) is 3.98. The molecule has 0 atom stereocenters. The van der Waals surface area contributed by atoms with Crippen LogP contribution in [-0.2, 0) is 0 Å². The Labute approximate surface area is 115 Å². The molecule has 0 bridgehead atoms. The van der Waals surface area contributed by atoms with Gasteiger partial charge in [0, 0.05) is 0 Å². The molecule has 1 aromatic carbocycles. The maximum atomic E-state index is 12.9. The normalized spacial score (nSPS) is 10.2. The number of aromatic nitrogens is 2. The van der Waals surface area contributed by atoms with Gasteiger partial charge in [0.2, 0.25) is 11.8 Å². The summed E-state index contributed by atoms with van der Waals surface area (Å²) in [5, 5.41) is 0.213. The molecule has 1 aromatic heterocycles. The minimum absolute atomic E-state index is 0.118. The van der Waals surface area contributed by atoms with Crippen molar-refractivity contribution >= 4 is 33.5 Å². The highest BCUT2D eigenvalue weighted by Gasteiger charge is 2.10. The minimum Gasteiger partial charge on any atom is -0.436 e. The number of nitrogens with one attached hydrogen (secondary N) is 1. The number of nitrogens with two attached hydrogens (primary N) is 1. The van der Waals surface area contributed by atoms with Gasteiger partial charge in [-0.25, -0.2) is 15.2 Å². The van der Waals surface area contributed by atoms with E-state index < -0.39 is 0 Å². The second kappa shape index (κ2) is 5.47. The van der Waals surface area contributed by atoms with Crippen LogP contribution in [0.2, 0.25) is 5.02 Å². The fourth-order valence-corrected chi connectivity index (χ4v) is 1.72. The zero-order valence-corrected chi connectivity index (χ0v) is 11.2. The molecule has 2 rings (SSSR count). The van der Waals surface area contributed by atoms with Gasteiger partial charge in [-0.2, -0.15) is 4.98 Å². The van der Waals surface area contributed by atoms with Gasteiger partial charge in [-0.1, -0.05) is 11.6 Å². The van der Waals surface area contributed by atoms with Crippen LogP contribution in [0.5, 0.6) is 11.6 Å². The zero-order chi connectivity index (χ0) is 13.1. The number of rotatable bonds is 3. The number of halogens is 3. The average Bonchev–Trinajstić information content (AvgIpc) is 2.35. The summed E-state index contributed by atoms with van der Waals surface area (Å²) in [6.07, 6.45) is 1.34. The smallest absolute Gasteiger partial charge is 0.243 e. The van der Waals surface area contributed by atoms with Gasteiger partial charge < -0.3 is 4.74 Å². The van der Waals surface area contributed by atoms with E-state index in [1.807, 2.05) is 0 Å². The molecule has 1 heterocycles. The molecule has 0 aliphatic heterocycles. The number of benzene rings is 1. The molecule has 2 aromatic rings. The SMILES string of the molecule is NNc1ncc(Cl)c(Oc2ccc(F)cc2Br)n1. The molecule has 0 aliphatic carbocycles. The lowest BCUT2D eigenvalue weighted by Crippen LogP contribution is -2.10. The van der Waals surface area contributed by atoms with Gasteiger partial charge in [0.25, 0.3) is 0 Å². The van der Waals surface area contributed by atoms with Crippen LogP contribution in [0.3, 0.4) is 0 Å². The molecule has 94 valence electrons. The Morgan fingerprint density at radius 2 is 2.22 bits per heavy atom. The molecule has 3 N–H and O–H groups in total. The van der Waals surface area contributed by atoms with Gasteiger partial charge in [0.05, 0.1) is 10.7 Å². The Morgan fingerprint density at radius 3 is 2.89 bits per heavy atom. The summed E-state index contributed by atoms with van der Waals surface area (Å²) in [4.78, 5) is 7.74.